The van der Waals surface area contributed by atoms with Crippen molar-refractivity contribution in [2.24, 2.45) is 7.05 Å². The molecule has 0 amide bonds. The number of aliphatic carboxylic acids is 1. The number of benzene rings is 1. The highest BCUT2D eigenvalue weighted by Crippen LogP contribution is 3.02. The molecule has 8 nitrogen and oxygen atoms in total. The molecule has 1 aliphatic rings. The van der Waals surface area contributed by atoms with Gasteiger partial charge in [0, 0.05) is 19.2 Å². The SMILES string of the molecule is Cc1nn(C)c(Cl)c1CNc1c(C2(C(=O)O)CC2)c(C#N)nn1-c1c(Cl)cc(S(F)(F)(F)(F)F)cc1Cl. The number of aryl methyl sites for hydroxylation is 2. The number of nitrogens with zero attached hydrogens (tertiary/aromatic N) is 5. The number of nitrogens with one attached hydrogen (secondary N) is 1. The minimum Gasteiger partial charge on any atom is -0.481 e. The first-order valence-electron chi connectivity index (χ1n) is 10.2. The highest BCUT2D eigenvalue weighted by Gasteiger charge is 2.65. The van der Waals surface area contributed by atoms with Gasteiger partial charge in [0.25, 0.3) is 0 Å². The smallest absolute Gasteiger partial charge is 0.314 e. The van der Waals surface area contributed by atoms with Gasteiger partial charge in [-0.1, -0.05) is 54.2 Å². The quantitative estimate of drug-likeness (QED) is 0.277. The predicted octanol–water partition coefficient (Wildman–Crippen LogP) is 7.13. The van der Waals surface area contributed by atoms with E-state index in [2.05, 4.69) is 15.5 Å². The van der Waals surface area contributed by atoms with Crippen LogP contribution < -0.4 is 5.32 Å². The summed E-state index contributed by atoms with van der Waals surface area (Å²) in [5.41, 5.74) is -1.38. The standard InChI is InChI=1S/C20H16Cl3F5N6O2S/c1-9-11(17(23)33(2)31-9)8-30-18-15(20(3-4-20)19(35)36)14(7-29)32-34(18)16-12(21)5-10(6-13(16)22)37(24,25,26,27)28/h5-6,30H,3-4,8H2,1-2H3,(H,35,36). The van der Waals surface area contributed by atoms with E-state index in [4.69, 9.17) is 34.8 Å². The van der Waals surface area contributed by atoms with E-state index in [1.54, 1.807) is 20.0 Å². The zero-order valence-corrected chi connectivity index (χ0v) is 21.9. The van der Waals surface area contributed by atoms with Crippen LogP contribution in [0, 0.1) is 18.3 Å². The van der Waals surface area contributed by atoms with Crippen molar-refractivity contribution in [2.45, 2.75) is 36.6 Å². The molecule has 0 unspecified atom stereocenters. The summed E-state index contributed by atoms with van der Waals surface area (Å²) in [6.45, 7) is 1.59. The van der Waals surface area contributed by atoms with Crippen molar-refractivity contribution in [1.29, 1.82) is 5.26 Å². The molecule has 4 rings (SSSR count). The molecule has 17 heteroatoms. The summed E-state index contributed by atoms with van der Waals surface area (Å²) in [5.74, 6) is -1.38. The zero-order valence-electron chi connectivity index (χ0n) is 18.8. The molecule has 3 aromatic rings. The van der Waals surface area contributed by atoms with Crippen molar-refractivity contribution in [3.05, 3.63) is 49.8 Å². The minimum absolute atomic E-state index is 0.00766. The number of aromatic nitrogens is 4. The predicted molar refractivity (Wildman–Crippen MR) is 129 cm³/mol. The Labute approximate surface area is 221 Å². The maximum Gasteiger partial charge on any atom is 0.314 e. The highest BCUT2D eigenvalue weighted by atomic mass is 35.5. The lowest BCUT2D eigenvalue weighted by Crippen LogP contribution is -2.22. The highest BCUT2D eigenvalue weighted by molar-refractivity contribution is 8.45. The molecular formula is C20H16Cl3F5N6O2S. The van der Waals surface area contributed by atoms with Crippen LogP contribution in [0.5, 0.6) is 0 Å². The van der Waals surface area contributed by atoms with Gasteiger partial charge in [-0.3, -0.25) is 9.48 Å². The van der Waals surface area contributed by atoms with Crippen LogP contribution in [-0.2, 0) is 23.8 Å². The first kappa shape index (κ1) is 27.3. The fraction of sp³-hybridized carbons (Fsp3) is 0.300. The number of rotatable bonds is 7. The van der Waals surface area contributed by atoms with Crippen molar-refractivity contribution < 1.29 is 29.3 Å². The first-order chi connectivity index (χ1) is 16.8. The summed E-state index contributed by atoms with van der Waals surface area (Å²) in [7, 11) is -8.55. The number of nitriles is 1. The van der Waals surface area contributed by atoms with Gasteiger partial charge < -0.3 is 10.4 Å². The molecule has 2 N–H and O–H groups in total. The number of halogens is 8. The minimum atomic E-state index is -10.1. The van der Waals surface area contributed by atoms with Crippen LogP contribution in [0.15, 0.2) is 17.0 Å². The third kappa shape index (κ3) is 4.69. The molecule has 0 radical (unpaired) electrons. The van der Waals surface area contributed by atoms with E-state index in [9.17, 15) is 34.6 Å². The van der Waals surface area contributed by atoms with Gasteiger partial charge in [0.05, 0.1) is 26.7 Å². The second kappa shape index (κ2) is 7.89. The number of hydrogen-bond donors (Lipinski definition) is 2. The van der Waals surface area contributed by atoms with Gasteiger partial charge in [-0.25, -0.2) is 4.68 Å². The second-order valence-corrected chi connectivity index (χ2v) is 12.1. The van der Waals surface area contributed by atoms with Gasteiger partial charge in [0.2, 0.25) is 0 Å². The molecule has 0 atom stereocenters. The van der Waals surface area contributed by atoms with E-state index < -0.39 is 42.2 Å². The maximum absolute atomic E-state index is 13.4. The molecule has 200 valence electrons. The van der Waals surface area contributed by atoms with Crippen LogP contribution in [0.25, 0.3) is 5.69 Å². The molecule has 0 spiro atoms. The molecule has 1 aliphatic carbocycles. The molecule has 37 heavy (non-hydrogen) atoms. The Balaban J connectivity index is 1.96. The lowest BCUT2D eigenvalue weighted by atomic mass is 9.95. The molecule has 0 aliphatic heterocycles. The third-order valence-electron chi connectivity index (χ3n) is 5.98. The average molecular weight is 606 g/mol. The lowest BCUT2D eigenvalue weighted by molar-refractivity contribution is -0.140. The molecule has 1 aromatic carbocycles. The van der Waals surface area contributed by atoms with Crippen LogP contribution in [0.3, 0.4) is 0 Å². The monoisotopic (exact) mass is 604 g/mol. The number of anilines is 1. The Morgan fingerprint density at radius 1 is 1.19 bits per heavy atom. The Morgan fingerprint density at radius 3 is 2.16 bits per heavy atom. The van der Waals surface area contributed by atoms with E-state index >= 15 is 0 Å². The van der Waals surface area contributed by atoms with Gasteiger partial charge in [0.1, 0.15) is 27.6 Å². The van der Waals surface area contributed by atoms with Crippen molar-refractivity contribution >= 4 is 56.8 Å². The molecule has 0 bridgehead atoms. The van der Waals surface area contributed by atoms with Gasteiger partial charge >= 0.3 is 16.2 Å². The largest absolute Gasteiger partial charge is 0.481 e. The van der Waals surface area contributed by atoms with Crippen LogP contribution in [0.4, 0.5) is 25.2 Å². The summed E-state index contributed by atoms with van der Waals surface area (Å²) in [6.07, 6.45) is 0.295. The summed E-state index contributed by atoms with van der Waals surface area (Å²) < 4.78 is 69.2. The van der Waals surface area contributed by atoms with E-state index in [1.165, 1.54) is 4.68 Å². The fourth-order valence-electron chi connectivity index (χ4n) is 3.98. The third-order valence-corrected chi connectivity index (χ3v) is 8.15. The van der Waals surface area contributed by atoms with Crippen LogP contribution in [0.1, 0.15) is 35.4 Å². The van der Waals surface area contributed by atoms with Gasteiger partial charge in [-0.15, -0.1) is 0 Å². The Kier molecular flexibility index (Phi) is 5.82. The molecule has 1 saturated carbocycles. The molecular weight excluding hydrogens is 590 g/mol. The summed E-state index contributed by atoms with van der Waals surface area (Å²) in [4.78, 5) is 9.81. The number of carbonyl (C=O) groups is 1. The number of carboxylic acids is 1. The van der Waals surface area contributed by atoms with Crippen LogP contribution >= 0.6 is 45.0 Å². The summed E-state index contributed by atoms with van der Waals surface area (Å²) >= 11 is 18.3. The Bertz CT molecular complexity index is 1500. The summed E-state index contributed by atoms with van der Waals surface area (Å²) in [5, 5.41) is 29.3. The van der Waals surface area contributed by atoms with Crippen molar-refractivity contribution in [3.63, 3.8) is 0 Å². The van der Waals surface area contributed by atoms with Gasteiger partial charge in [-0.2, -0.15) is 15.5 Å². The Hall–Kier alpha value is -2.73. The fourth-order valence-corrected chi connectivity index (χ4v) is 5.68. The lowest BCUT2D eigenvalue weighted by Gasteiger charge is -2.40. The topological polar surface area (TPSA) is 109 Å². The van der Waals surface area contributed by atoms with E-state index in [-0.39, 0.29) is 53.7 Å². The number of carboxylic acid groups (broad SMARTS) is 1. The van der Waals surface area contributed by atoms with Crippen molar-refractivity contribution in [3.8, 4) is 11.8 Å². The molecule has 0 saturated heterocycles. The van der Waals surface area contributed by atoms with E-state index in [1.807, 2.05) is 0 Å². The zero-order chi connectivity index (χ0) is 27.8. The first-order valence-corrected chi connectivity index (χ1v) is 13.3. The van der Waals surface area contributed by atoms with Crippen LogP contribution in [0.2, 0.25) is 15.2 Å². The van der Waals surface area contributed by atoms with Crippen LogP contribution in [-0.4, -0.2) is 30.6 Å². The molecule has 1 fully saturated rings. The van der Waals surface area contributed by atoms with Gasteiger partial charge in [-0.05, 0) is 31.9 Å². The maximum atomic E-state index is 13.4. The number of hydrogen-bond acceptors (Lipinski definition) is 5. The van der Waals surface area contributed by atoms with Crippen molar-refractivity contribution in [1.82, 2.24) is 19.6 Å². The van der Waals surface area contributed by atoms with E-state index in [0.717, 1.165) is 4.68 Å². The van der Waals surface area contributed by atoms with Crippen molar-refractivity contribution in [2.75, 3.05) is 5.32 Å². The normalized spacial score (nSPS) is 16.6. The summed E-state index contributed by atoms with van der Waals surface area (Å²) in [6, 6.07) is 1.80. The molecule has 2 heterocycles. The average Bonchev–Trinajstić information content (AvgIpc) is 3.42. The molecule has 2 aromatic heterocycles. The van der Waals surface area contributed by atoms with Gasteiger partial charge in [0.15, 0.2) is 5.69 Å². The Morgan fingerprint density at radius 2 is 1.76 bits per heavy atom. The second-order valence-electron chi connectivity index (χ2n) is 8.52. The van der Waals surface area contributed by atoms with E-state index in [0.29, 0.717) is 11.3 Å².